The van der Waals surface area contributed by atoms with E-state index in [-0.39, 0.29) is 11.7 Å². The number of anilines is 2. The molecule has 0 radical (unpaired) electrons. The molecular weight excluding hydrogens is 544 g/mol. The van der Waals surface area contributed by atoms with Gasteiger partial charge in [0.1, 0.15) is 11.8 Å². The van der Waals surface area contributed by atoms with E-state index in [1.165, 1.54) is 12.0 Å². The zero-order valence-electron chi connectivity index (χ0n) is 19.1. The second-order valence-electron chi connectivity index (χ2n) is 9.01. The van der Waals surface area contributed by atoms with Gasteiger partial charge >= 0.3 is 0 Å². The molecule has 0 aliphatic carbocycles. The van der Waals surface area contributed by atoms with Crippen molar-refractivity contribution in [3.05, 3.63) is 93.4 Å². The third-order valence-corrected chi connectivity index (χ3v) is 7.96. The first-order chi connectivity index (χ1) is 17.4. The fourth-order valence-corrected chi connectivity index (χ4v) is 6.10. The lowest BCUT2D eigenvalue weighted by Crippen LogP contribution is -2.48. The number of nitrogens with zero attached hydrogens (tertiary/aromatic N) is 2. The summed E-state index contributed by atoms with van der Waals surface area (Å²) < 4.78 is 6.28. The number of ketones is 1. The van der Waals surface area contributed by atoms with E-state index in [1.807, 2.05) is 23.1 Å². The molecule has 36 heavy (non-hydrogen) atoms. The topological polar surface area (TPSA) is 66.9 Å². The van der Waals surface area contributed by atoms with Gasteiger partial charge in [-0.15, -0.1) is 0 Å². The van der Waals surface area contributed by atoms with Gasteiger partial charge in [-0.25, -0.2) is 4.90 Å². The van der Waals surface area contributed by atoms with Crippen molar-refractivity contribution in [2.75, 3.05) is 16.9 Å². The zero-order chi connectivity index (χ0) is 25.1. The van der Waals surface area contributed by atoms with Crippen LogP contribution in [-0.2, 0) is 9.59 Å². The highest BCUT2D eigenvalue weighted by atomic mass is 79.9. The van der Waals surface area contributed by atoms with Gasteiger partial charge in [0.2, 0.25) is 11.8 Å². The highest BCUT2D eigenvalue weighted by Crippen LogP contribution is 2.51. The number of fused-ring (bicyclic) bond motifs is 5. The summed E-state index contributed by atoms with van der Waals surface area (Å²) in [6.07, 6.45) is 3.85. The Morgan fingerprint density at radius 3 is 2.42 bits per heavy atom. The quantitative estimate of drug-likeness (QED) is 0.315. The Labute approximate surface area is 221 Å². The first kappa shape index (κ1) is 23.0. The molecule has 4 unspecified atom stereocenters. The maximum absolute atomic E-state index is 14.0. The number of hydrogen-bond acceptors (Lipinski definition) is 5. The molecule has 3 aliphatic heterocycles. The standard InChI is InChI=1S/C28H20BrClN2O4/c1-36-22-5-3-2-4-19(22)32-27(34)23-20-13-9-15-8-12-18(30)14-21(15)31(20)25(24(23)28(32)35)26(33)16-6-10-17(29)11-7-16/h2-14,20,23-25H,1H3. The number of Topliss-reactive ketones (excluding diaryl/α,β-unsaturated/α-hetero) is 1. The minimum atomic E-state index is -0.875. The minimum absolute atomic E-state index is 0.218. The number of carbonyl (C=O) groups excluding carboxylic acids is 3. The molecule has 2 fully saturated rings. The largest absolute Gasteiger partial charge is 0.495 e. The van der Waals surface area contributed by atoms with Crippen molar-refractivity contribution in [1.82, 2.24) is 0 Å². The summed E-state index contributed by atoms with van der Waals surface area (Å²) >= 11 is 9.76. The number of methoxy groups -OCH3 is 1. The number of amides is 2. The molecule has 180 valence electrons. The van der Waals surface area contributed by atoms with Crippen molar-refractivity contribution in [2.24, 2.45) is 11.8 Å². The molecule has 0 aromatic heterocycles. The van der Waals surface area contributed by atoms with E-state index < -0.39 is 29.8 Å². The Morgan fingerprint density at radius 2 is 1.67 bits per heavy atom. The summed E-state index contributed by atoms with van der Waals surface area (Å²) in [4.78, 5) is 45.0. The van der Waals surface area contributed by atoms with E-state index >= 15 is 0 Å². The van der Waals surface area contributed by atoms with Crippen LogP contribution >= 0.6 is 27.5 Å². The molecule has 2 amide bonds. The van der Waals surface area contributed by atoms with Gasteiger partial charge in [0.05, 0.1) is 30.7 Å². The highest BCUT2D eigenvalue weighted by molar-refractivity contribution is 9.10. The summed E-state index contributed by atoms with van der Waals surface area (Å²) in [5.41, 5.74) is 2.47. The van der Waals surface area contributed by atoms with Gasteiger partial charge in [-0.1, -0.05) is 70.0 Å². The first-order valence-corrected chi connectivity index (χ1v) is 12.6. The van der Waals surface area contributed by atoms with Crippen LogP contribution < -0.4 is 14.5 Å². The summed E-state index contributed by atoms with van der Waals surface area (Å²) in [7, 11) is 1.50. The number of hydrogen-bond donors (Lipinski definition) is 0. The number of para-hydroxylation sites is 2. The van der Waals surface area contributed by atoms with Crippen LogP contribution in [0.3, 0.4) is 0 Å². The van der Waals surface area contributed by atoms with Crippen LogP contribution in [0, 0.1) is 11.8 Å². The van der Waals surface area contributed by atoms with Crippen molar-refractivity contribution in [2.45, 2.75) is 12.1 Å². The molecule has 0 spiro atoms. The number of benzene rings is 3. The molecule has 3 heterocycles. The van der Waals surface area contributed by atoms with Crippen LogP contribution in [0.25, 0.3) is 6.08 Å². The van der Waals surface area contributed by atoms with Crippen molar-refractivity contribution in [3.8, 4) is 5.75 Å². The smallest absolute Gasteiger partial charge is 0.240 e. The molecular formula is C28H20BrClN2O4. The zero-order valence-corrected chi connectivity index (χ0v) is 21.4. The summed E-state index contributed by atoms with van der Waals surface area (Å²) in [5.74, 6) is -2.14. The van der Waals surface area contributed by atoms with E-state index in [9.17, 15) is 14.4 Å². The van der Waals surface area contributed by atoms with Crippen molar-refractivity contribution in [1.29, 1.82) is 0 Å². The highest BCUT2D eigenvalue weighted by Gasteiger charge is 2.64. The minimum Gasteiger partial charge on any atom is -0.495 e. The van der Waals surface area contributed by atoms with Gasteiger partial charge in [0, 0.05) is 20.7 Å². The second-order valence-corrected chi connectivity index (χ2v) is 10.4. The van der Waals surface area contributed by atoms with Crippen LogP contribution in [0.2, 0.25) is 5.02 Å². The normalized spacial score (nSPS) is 24.0. The molecule has 2 saturated heterocycles. The molecule has 3 aliphatic rings. The fraction of sp³-hybridized carbons (Fsp3) is 0.179. The van der Waals surface area contributed by atoms with Crippen LogP contribution in [-0.4, -0.2) is 36.8 Å². The molecule has 3 aromatic carbocycles. The van der Waals surface area contributed by atoms with Crippen LogP contribution in [0.1, 0.15) is 15.9 Å². The number of imide groups is 1. The van der Waals surface area contributed by atoms with Crippen molar-refractivity contribution in [3.63, 3.8) is 0 Å². The summed E-state index contributed by atoms with van der Waals surface area (Å²) in [5, 5.41) is 0.517. The SMILES string of the molecule is COc1ccccc1N1C(=O)C2C(C1=O)C(C(=O)c1ccc(Br)cc1)N1c3cc(Cl)ccc3C=CC21. The van der Waals surface area contributed by atoms with E-state index in [2.05, 4.69) is 15.9 Å². The molecule has 6 nitrogen and oxygen atoms in total. The predicted molar refractivity (Wildman–Crippen MR) is 141 cm³/mol. The van der Waals surface area contributed by atoms with Crippen molar-refractivity contribution >= 4 is 62.6 Å². The van der Waals surface area contributed by atoms with Gasteiger partial charge in [-0.05, 0) is 42.0 Å². The number of carbonyl (C=O) groups is 3. The average Bonchev–Trinajstić information content (AvgIpc) is 3.36. The van der Waals surface area contributed by atoms with Crippen LogP contribution in [0.5, 0.6) is 5.75 Å². The van der Waals surface area contributed by atoms with Gasteiger partial charge in [-0.3, -0.25) is 14.4 Å². The van der Waals surface area contributed by atoms with E-state index in [0.717, 1.165) is 15.7 Å². The van der Waals surface area contributed by atoms with Crippen LogP contribution in [0.4, 0.5) is 11.4 Å². The monoisotopic (exact) mass is 562 g/mol. The van der Waals surface area contributed by atoms with Gasteiger partial charge in [0.15, 0.2) is 5.78 Å². The summed E-state index contributed by atoms with van der Waals surface area (Å²) in [6, 6.07) is 18.1. The second kappa shape index (κ2) is 8.61. The van der Waals surface area contributed by atoms with E-state index in [4.69, 9.17) is 16.3 Å². The van der Waals surface area contributed by atoms with E-state index in [1.54, 1.807) is 60.7 Å². The van der Waals surface area contributed by atoms with Crippen LogP contribution in [0.15, 0.2) is 77.3 Å². The average molecular weight is 564 g/mol. The lowest BCUT2D eigenvalue weighted by atomic mass is 9.86. The molecule has 8 heteroatoms. The molecule has 0 N–H and O–H groups in total. The van der Waals surface area contributed by atoms with Gasteiger partial charge in [0.25, 0.3) is 0 Å². The lowest BCUT2D eigenvalue weighted by molar-refractivity contribution is -0.122. The maximum Gasteiger partial charge on any atom is 0.240 e. The van der Waals surface area contributed by atoms with E-state index in [0.29, 0.717) is 22.0 Å². The number of halogens is 2. The Morgan fingerprint density at radius 1 is 0.944 bits per heavy atom. The molecule has 3 aromatic rings. The number of rotatable bonds is 4. The Kier molecular flexibility index (Phi) is 5.50. The summed E-state index contributed by atoms with van der Waals surface area (Å²) in [6.45, 7) is 0. The molecule has 0 bridgehead atoms. The Balaban J connectivity index is 1.51. The Bertz CT molecular complexity index is 1450. The third-order valence-electron chi connectivity index (χ3n) is 7.19. The fourth-order valence-electron chi connectivity index (χ4n) is 5.67. The third kappa shape index (κ3) is 3.33. The predicted octanol–water partition coefficient (Wildman–Crippen LogP) is 5.38. The molecule has 0 saturated carbocycles. The number of ether oxygens (including phenoxy) is 1. The van der Waals surface area contributed by atoms with Gasteiger partial charge < -0.3 is 9.64 Å². The van der Waals surface area contributed by atoms with Crippen molar-refractivity contribution < 1.29 is 19.1 Å². The first-order valence-electron chi connectivity index (χ1n) is 11.5. The van der Waals surface area contributed by atoms with Gasteiger partial charge in [-0.2, -0.15) is 0 Å². The molecule has 6 rings (SSSR count). The maximum atomic E-state index is 14.0. The Hall–Kier alpha value is -3.42. The lowest BCUT2D eigenvalue weighted by Gasteiger charge is -2.36. The molecule has 4 atom stereocenters.